The molecule has 1 aliphatic heterocycles. The lowest BCUT2D eigenvalue weighted by Crippen LogP contribution is -2.41. The minimum atomic E-state index is -0.491. The van der Waals surface area contributed by atoms with E-state index in [1.54, 1.807) is 0 Å². The molecule has 4 aromatic carbocycles. The molecule has 1 aliphatic rings. The van der Waals surface area contributed by atoms with Crippen molar-refractivity contribution in [1.29, 1.82) is 0 Å². The lowest BCUT2D eigenvalue weighted by atomic mass is 9.77. The third kappa shape index (κ3) is 2.99. The van der Waals surface area contributed by atoms with E-state index < -0.39 is 18.3 Å². The van der Waals surface area contributed by atoms with Gasteiger partial charge in [0.15, 0.2) is 0 Å². The van der Waals surface area contributed by atoms with Crippen LogP contribution in [0.5, 0.6) is 0 Å². The maximum atomic E-state index is 6.52. The summed E-state index contributed by atoms with van der Waals surface area (Å²) in [5, 5.41) is 4.80. The molecule has 35 heavy (non-hydrogen) atoms. The molecule has 5 heteroatoms. The number of rotatable bonds is 2. The van der Waals surface area contributed by atoms with Gasteiger partial charge < -0.3 is 13.7 Å². The normalized spacial score (nSPS) is 17.3. The van der Waals surface area contributed by atoms with Crippen molar-refractivity contribution < 1.29 is 13.7 Å². The predicted octanol–water partition coefficient (Wildman–Crippen LogP) is 7.92. The molecule has 0 bridgehead atoms. The van der Waals surface area contributed by atoms with Crippen LogP contribution in [0, 0.1) is 0 Å². The number of hydrogen-bond acceptors (Lipinski definition) is 4. The molecule has 0 saturated carbocycles. The molecule has 0 atom stereocenters. The van der Waals surface area contributed by atoms with Gasteiger partial charge in [-0.2, -0.15) is 0 Å². The van der Waals surface area contributed by atoms with Crippen molar-refractivity contribution in [2.75, 3.05) is 0 Å². The van der Waals surface area contributed by atoms with E-state index in [9.17, 15) is 0 Å². The molecule has 0 aliphatic carbocycles. The average molecular weight is 476 g/mol. The molecule has 7 rings (SSSR count). The van der Waals surface area contributed by atoms with Crippen molar-refractivity contribution >= 4 is 66.0 Å². The number of thiophene rings is 1. The molecule has 6 aromatic rings. The van der Waals surface area contributed by atoms with Crippen molar-refractivity contribution in [2.45, 2.75) is 38.9 Å². The summed E-state index contributed by atoms with van der Waals surface area (Å²) in [6.45, 7) is 8.33. The van der Waals surface area contributed by atoms with Gasteiger partial charge in [-0.15, -0.1) is 11.3 Å². The molecule has 172 valence electrons. The van der Waals surface area contributed by atoms with Crippen LogP contribution in [-0.2, 0) is 9.31 Å². The van der Waals surface area contributed by atoms with E-state index in [4.69, 9.17) is 13.7 Å². The fraction of sp³-hybridized carbons (Fsp3) is 0.200. The summed E-state index contributed by atoms with van der Waals surface area (Å²) in [5.41, 5.74) is 4.18. The second-order valence-corrected chi connectivity index (χ2v) is 11.5. The number of hydrogen-bond donors (Lipinski definition) is 0. The second-order valence-electron chi connectivity index (χ2n) is 10.4. The van der Waals surface area contributed by atoms with Crippen LogP contribution in [0.25, 0.3) is 53.2 Å². The van der Waals surface area contributed by atoms with Crippen LogP contribution in [0.15, 0.2) is 83.3 Å². The number of para-hydroxylation sites is 1. The zero-order valence-corrected chi connectivity index (χ0v) is 21.0. The Kier molecular flexibility index (Phi) is 4.36. The monoisotopic (exact) mass is 476 g/mol. The molecule has 3 nitrogen and oxygen atoms in total. The van der Waals surface area contributed by atoms with Crippen molar-refractivity contribution in [1.82, 2.24) is 0 Å². The van der Waals surface area contributed by atoms with Gasteiger partial charge in [-0.25, -0.2) is 0 Å². The maximum Gasteiger partial charge on any atom is 0.498 e. The summed E-state index contributed by atoms with van der Waals surface area (Å²) in [7, 11) is -0.491. The predicted molar refractivity (Wildman–Crippen MR) is 148 cm³/mol. The Morgan fingerprint density at radius 1 is 0.629 bits per heavy atom. The van der Waals surface area contributed by atoms with E-state index in [1.807, 2.05) is 23.5 Å². The minimum Gasteiger partial charge on any atom is -0.456 e. The maximum absolute atomic E-state index is 6.52. The lowest BCUT2D eigenvalue weighted by Gasteiger charge is -2.32. The second kappa shape index (κ2) is 7.20. The fourth-order valence-electron chi connectivity index (χ4n) is 5.23. The van der Waals surface area contributed by atoms with Crippen molar-refractivity contribution in [3.63, 3.8) is 0 Å². The molecule has 0 spiro atoms. The Morgan fingerprint density at radius 2 is 1.29 bits per heavy atom. The molecular weight excluding hydrogens is 451 g/mol. The number of furan rings is 1. The largest absolute Gasteiger partial charge is 0.498 e. The van der Waals surface area contributed by atoms with Crippen LogP contribution in [0.4, 0.5) is 0 Å². The highest BCUT2D eigenvalue weighted by Crippen LogP contribution is 2.44. The zero-order valence-electron chi connectivity index (χ0n) is 20.2. The van der Waals surface area contributed by atoms with Gasteiger partial charge >= 0.3 is 7.12 Å². The molecule has 2 aromatic heterocycles. The van der Waals surface area contributed by atoms with Crippen molar-refractivity contribution in [2.24, 2.45) is 0 Å². The first-order valence-electron chi connectivity index (χ1n) is 12.0. The van der Waals surface area contributed by atoms with Gasteiger partial charge in [0.2, 0.25) is 0 Å². The summed E-state index contributed by atoms with van der Waals surface area (Å²) in [4.78, 5) is 0. The third-order valence-corrected chi connectivity index (χ3v) is 8.89. The first-order chi connectivity index (χ1) is 16.8. The Bertz CT molecular complexity index is 1760. The highest BCUT2D eigenvalue weighted by atomic mass is 32.1. The molecule has 0 radical (unpaired) electrons. The van der Waals surface area contributed by atoms with E-state index in [-0.39, 0.29) is 0 Å². The highest BCUT2D eigenvalue weighted by Gasteiger charge is 2.52. The molecule has 1 saturated heterocycles. The smallest absolute Gasteiger partial charge is 0.456 e. The van der Waals surface area contributed by atoms with Gasteiger partial charge in [0.05, 0.1) is 11.2 Å². The first-order valence-corrected chi connectivity index (χ1v) is 12.9. The van der Waals surface area contributed by atoms with Gasteiger partial charge in [-0.3, -0.25) is 0 Å². The summed E-state index contributed by atoms with van der Waals surface area (Å²) in [5.74, 6) is 0. The summed E-state index contributed by atoms with van der Waals surface area (Å²) in [6, 6.07) is 27.9. The topological polar surface area (TPSA) is 31.6 Å². The van der Waals surface area contributed by atoms with Gasteiger partial charge in [-0.1, -0.05) is 60.7 Å². The fourth-order valence-corrected chi connectivity index (χ4v) is 6.36. The van der Waals surface area contributed by atoms with Gasteiger partial charge in [0.25, 0.3) is 0 Å². The van der Waals surface area contributed by atoms with E-state index in [0.29, 0.717) is 0 Å². The van der Waals surface area contributed by atoms with Gasteiger partial charge in [0, 0.05) is 36.4 Å². The van der Waals surface area contributed by atoms with E-state index in [2.05, 4.69) is 94.4 Å². The summed E-state index contributed by atoms with van der Waals surface area (Å²) in [6.07, 6.45) is 0. The van der Waals surface area contributed by atoms with Gasteiger partial charge in [-0.05, 0) is 57.0 Å². The lowest BCUT2D eigenvalue weighted by molar-refractivity contribution is 0.00578. The van der Waals surface area contributed by atoms with E-state index in [1.165, 1.54) is 31.3 Å². The number of fused-ring (bicyclic) bond motifs is 6. The summed E-state index contributed by atoms with van der Waals surface area (Å²) >= 11 is 1.84. The molecular formula is C30H25BO3S. The molecule has 0 amide bonds. The van der Waals surface area contributed by atoms with Crippen LogP contribution in [0.2, 0.25) is 0 Å². The molecule has 3 heterocycles. The standard InChI is InChI=1S/C30H25BO3S/c1-29(2)30(3,4)34-31(33-29)22-17-16-19(27-20-10-5-7-13-23(20)32-28(22)27)18-12-9-15-25-26(18)21-11-6-8-14-24(21)35-25/h5-17H,1-4H3. The molecule has 0 unspecified atom stereocenters. The number of benzene rings is 4. The minimum absolute atomic E-state index is 0.421. The third-order valence-electron chi connectivity index (χ3n) is 7.76. The van der Waals surface area contributed by atoms with Crippen molar-refractivity contribution in [3.8, 4) is 11.1 Å². The Balaban J connectivity index is 1.55. The average Bonchev–Trinajstić information content (AvgIpc) is 3.47. The highest BCUT2D eigenvalue weighted by molar-refractivity contribution is 7.25. The van der Waals surface area contributed by atoms with Crippen LogP contribution in [0.3, 0.4) is 0 Å². The van der Waals surface area contributed by atoms with Crippen LogP contribution in [0.1, 0.15) is 27.7 Å². The van der Waals surface area contributed by atoms with E-state index >= 15 is 0 Å². The molecule has 0 N–H and O–H groups in total. The Hall–Kier alpha value is -3.12. The van der Waals surface area contributed by atoms with Gasteiger partial charge in [0.1, 0.15) is 11.2 Å². The zero-order chi connectivity index (χ0) is 23.9. The Morgan fingerprint density at radius 3 is 2.09 bits per heavy atom. The quantitative estimate of drug-likeness (QED) is 0.238. The first kappa shape index (κ1) is 21.2. The molecule has 1 fully saturated rings. The summed E-state index contributed by atoms with van der Waals surface area (Å²) < 4.78 is 22.0. The Labute approximate surface area is 208 Å². The van der Waals surface area contributed by atoms with Crippen LogP contribution >= 0.6 is 11.3 Å². The van der Waals surface area contributed by atoms with Crippen molar-refractivity contribution in [3.05, 3.63) is 78.9 Å². The van der Waals surface area contributed by atoms with Crippen LogP contribution < -0.4 is 5.46 Å². The SMILES string of the molecule is CC1(C)OB(c2ccc(-c3cccc4sc5ccccc5c34)c3c2oc2ccccc23)OC1(C)C. The van der Waals surface area contributed by atoms with Crippen LogP contribution in [-0.4, -0.2) is 18.3 Å². The van der Waals surface area contributed by atoms with E-state index in [0.717, 1.165) is 27.4 Å².